The molecular formula is C78H148N2O6P+. The molecule has 1 amide bonds. The molecule has 0 spiro atoms. The van der Waals surface area contributed by atoms with Gasteiger partial charge in [-0.3, -0.25) is 13.8 Å². The number of carbonyl (C=O) groups excluding carboxylic acids is 1. The first-order valence-electron chi connectivity index (χ1n) is 37.8. The van der Waals surface area contributed by atoms with Gasteiger partial charge in [0, 0.05) is 6.42 Å². The normalized spacial score (nSPS) is 14.0. The maximum Gasteiger partial charge on any atom is 0.472 e. The van der Waals surface area contributed by atoms with Crippen LogP contribution in [0, 0.1) is 0 Å². The Kier molecular flexibility index (Phi) is 66.7. The summed E-state index contributed by atoms with van der Waals surface area (Å²) in [6.45, 7) is 4.82. The summed E-state index contributed by atoms with van der Waals surface area (Å²) in [7, 11) is 1.56. The van der Waals surface area contributed by atoms with Gasteiger partial charge in [0.1, 0.15) is 13.2 Å². The Morgan fingerprint density at radius 3 is 1.00 bits per heavy atom. The second kappa shape index (κ2) is 68.3. The molecule has 0 aromatic rings. The molecule has 0 aliphatic carbocycles. The van der Waals surface area contributed by atoms with Gasteiger partial charge in [-0.1, -0.05) is 350 Å². The molecule has 3 unspecified atom stereocenters. The maximum absolute atomic E-state index is 13.1. The minimum absolute atomic E-state index is 0.0534. The number of hydrogen-bond acceptors (Lipinski definition) is 5. The summed E-state index contributed by atoms with van der Waals surface area (Å²) in [4.78, 5) is 23.4. The number of nitrogens with one attached hydrogen (secondary N) is 1. The van der Waals surface area contributed by atoms with Gasteiger partial charge >= 0.3 is 7.82 Å². The smallest absolute Gasteiger partial charge is 0.387 e. The highest BCUT2D eigenvalue weighted by Crippen LogP contribution is 2.43. The minimum atomic E-state index is -4.37. The van der Waals surface area contributed by atoms with Crippen LogP contribution in [0.15, 0.2) is 72.9 Å². The van der Waals surface area contributed by atoms with Crippen molar-refractivity contribution in [1.29, 1.82) is 0 Å². The number of phosphoric ester groups is 1. The van der Waals surface area contributed by atoms with Crippen LogP contribution in [0.5, 0.6) is 0 Å². The average molecular weight is 1240 g/mol. The molecule has 0 saturated carbocycles. The summed E-state index contributed by atoms with van der Waals surface area (Å²) in [6, 6.07) is -0.873. The molecule has 0 radical (unpaired) electrons. The number of nitrogens with zero attached hydrogens (tertiary/aromatic N) is 1. The van der Waals surface area contributed by atoms with Crippen LogP contribution in [0.25, 0.3) is 0 Å². The van der Waals surface area contributed by atoms with Crippen LogP contribution in [0.3, 0.4) is 0 Å². The Bertz CT molecular complexity index is 1650. The highest BCUT2D eigenvalue weighted by atomic mass is 31.2. The zero-order valence-corrected chi connectivity index (χ0v) is 59.4. The van der Waals surface area contributed by atoms with Gasteiger partial charge in [-0.25, -0.2) is 4.57 Å². The summed E-state index contributed by atoms with van der Waals surface area (Å²) < 4.78 is 23.8. The van der Waals surface area contributed by atoms with Gasteiger partial charge < -0.3 is 19.8 Å². The monoisotopic (exact) mass is 1240 g/mol. The van der Waals surface area contributed by atoms with Crippen LogP contribution < -0.4 is 5.32 Å². The molecule has 9 heteroatoms. The Hall–Kier alpha value is -2.06. The number of likely N-dealkylation sites (N-methyl/N-ethyl adjacent to an activating group) is 1. The Morgan fingerprint density at radius 2 is 0.667 bits per heavy atom. The largest absolute Gasteiger partial charge is 0.472 e. The standard InChI is InChI=1S/C78H147N2O6P/c1-6-8-10-12-14-16-18-20-22-24-26-28-30-32-34-35-36-37-38-39-40-41-42-43-44-45-46-48-50-52-54-56-58-60-62-64-66-68-70-72-78(82)79-76(75-86-87(83,84)85-74-73-80(3,4)5)77(81)71-69-67-65-63-61-59-57-55-53-51-49-47-33-31-29-27-25-23-21-19-17-15-13-11-9-7-2/h18,20,24,26,30,32,53,55,61,63,69,71,76-77,81H,6-17,19,21-23,25,27-29,31,33-52,54,56-60,62,64-68,70,72-75H2,1-5H3,(H-,79,82,83,84)/p+1/b20-18-,26-24-,32-30-,55-53+,63-61+,71-69+. The quantitative estimate of drug-likeness (QED) is 0.0243. The Morgan fingerprint density at radius 1 is 0.391 bits per heavy atom. The third-order valence-corrected chi connectivity index (χ3v) is 18.1. The van der Waals surface area contributed by atoms with Gasteiger partial charge in [-0.2, -0.15) is 0 Å². The van der Waals surface area contributed by atoms with Gasteiger partial charge in [0.25, 0.3) is 0 Å². The molecule has 0 saturated heterocycles. The number of aliphatic hydroxyl groups is 1. The van der Waals surface area contributed by atoms with Gasteiger partial charge in [0.05, 0.1) is 39.9 Å². The number of rotatable bonds is 70. The molecule has 0 rings (SSSR count). The van der Waals surface area contributed by atoms with Crippen molar-refractivity contribution in [2.24, 2.45) is 0 Å². The van der Waals surface area contributed by atoms with E-state index in [0.29, 0.717) is 17.4 Å². The van der Waals surface area contributed by atoms with Crippen molar-refractivity contribution in [1.82, 2.24) is 5.32 Å². The van der Waals surface area contributed by atoms with Gasteiger partial charge in [-0.15, -0.1) is 0 Å². The third kappa shape index (κ3) is 71.2. The first-order valence-corrected chi connectivity index (χ1v) is 39.3. The number of quaternary nitrogens is 1. The van der Waals surface area contributed by atoms with Crippen LogP contribution in [0.4, 0.5) is 0 Å². The van der Waals surface area contributed by atoms with Crippen LogP contribution in [0.1, 0.15) is 367 Å². The Balaban J connectivity index is 4.01. The highest BCUT2D eigenvalue weighted by molar-refractivity contribution is 7.47. The lowest BCUT2D eigenvalue weighted by molar-refractivity contribution is -0.870. The topological polar surface area (TPSA) is 105 Å². The van der Waals surface area contributed by atoms with Crippen molar-refractivity contribution in [3.05, 3.63) is 72.9 Å². The molecule has 8 nitrogen and oxygen atoms in total. The maximum atomic E-state index is 13.1. The number of phosphoric acid groups is 1. The fraction of sp³-hybridized carbons (Fsp3) is 0.833. The lowest BCUT2D eigenvalue weighted by Gasteiger charge is -2.25. The summed E-state index contributed by atoms with van der Waals surface area (Å²) in [5.41, 5.74) is 0. The van der Waals surface area contributed by atoms with E-state index in [-0.39, 0.29) is 19.1 Å². The van der Waals surface area contributed by atoms with Crippen LogP contribution in [-0.4, -0.2) is 73.4 Å². The Labute approximate surface area is 542 Å². The van der Waals surface area contributed by atoms with E-state index in [2.05, 4.69) is 79.9 Å². The summed E-state index contributed by atoms with van der Waals surface area (Å²) >= 11 is 0. The van der Waals surface area contributed by atoms with Crippen molar-refractivity contribution < 1.29 is 32.9 Å². The number of amides is 1. The minimum Gasteiger partial charge on any atom is -0.387 e. The summed E-state index contributed by atoms with van der Waals surface area (Å²) in [5.74, 6) is -0.185. The highest BCUT2D eigenvalue weighted by Gasteiger charge is 2.28. The molecule has 87 heavy (non-hydrogen) atoms. The predicted octanol–water partition coefficient (Wildman–Crippen LogP) is 24.5. The molecule has 0 heterocycles. The van der Waals surface area contributed by atoms with E-state index < -0.39 is 20.0 Å². The predicted molar refractivity (Wildman–Crippen MR) is 383 cm³/mol. The lowest BCUT2D eigenvalue weighted by Crippen LogP contribution is -2.45. The summed E-state index contributed by atoms with van der Waals surface area (Å²) in [5, 5.41) is 14.0. The molecule has 0 fully saturated rings. The number of allylic oxidation sites excluding steroid dienone is 11. The summed E-state index contributed by atoms with van der Waals surface area (Å²) in [6.07, 6.45) is 96.6. The van der Waals surface area contributed by atoms with Gasteiger partial charge in [0.2, 0.25) is 5.91 Å². The van der Waals surface area contributed by atoms with E-state index in [4.69, 9.17) is 9.05 Å². The second-order valence-electron chi connectivity index (χ2n) is 27.0. The zero-order chi connectivity index (χ0) is 63.4. The van der Waals surface area contributed by atoms with Crippen LogP contribution in [-0.2, 0) is 18.4 Å². The van der Waals surface area contributed by atoms with E-state index in [1.165, 1.54) is 289 Å². The van der Waals surface area contributed by atoms with Crippen molar-refractivity contribution in [2.75, 3.05) is 40.9 Å². The fourth-order valence-electron chi connectivity index (χ4n) is 11.3. The van der Waals surface area contributed by atoms with E-state index in [1.807, 2.05) is 27.2 Å². The first-order chi connectivity index (χ1) is 42.5. The van der Waals surface area contributed by atoms with Crippen molar-refractivity contribution in [3.8, 4) is 0 Å². The van der Waals surface area contributed by atoms with E-state index in [1.54, 1.807) is 6.08 Å². The van der Waals surface area contributed by atoms with Gasteiger partial charge in [0.15, 0.2) is 0 Å². The second-order valence-corrected chi connectivity index (χ2v) is 28.5. The number of aliphatic hydroxyl groups excluding tert-OH is 1. The fourth-order valence-corrected chi connectivity index (χ4v) is 12.0. The van der Waals surface area contributed by atoms with E-state index in [9.17, 15) is 19.4 Å². The lowest BCUT2D eigenvalue weighted by atomic mass is 10.0. The van der Waals surface area contributed by atoms with Crippen LogP contribution in [0.2, 0.25) is 0 Å². The molecule has 510 valence electrons. The number of unbranched alkanes of at least 4 members (excludes halogenated alkanes) is 47. The molecule has 3 atom stereocenters. The third-order valence-electron chi connectivity index (χ3n) is 17.1. The van der Waals surface area contributed by atoms with Crippen molar-refractivity contribution in [2.45, 2.75) is 379 Å². The molecule has 0 aliphatic heterocycles. The number of hydrogen-bond donors (Lipinski definition) is 3. The van der Waals surface area contributed by atoms with E-state index >= 15 is 0 Å². The van der Waals surface area contributed by atoms with Crippen LogP contribution >= 0.6 is 7.82 Å². The van der Waals surface area contributed by atoms with Crippen molar-refractivity contribution in [3.63, 3.8) is 0 Å². The molecule has 3 N–H and O–H groups in total. The molecule has 0 aromatic carbocycles. The van der Waals surface area contributed by atoms with Gasteiger partial charge in [-0.05, 0) is 83.5 Å². The average Bonchev–Trinajstić information content (AvgIpc) is 3.69. The first kappa shape index (κ1) is 84.9. The number of carbonyl (C=O) groups is 1. The molecular weight excluding hydrogens is 1090 g/mol. The SMILES string of the molecule is CCCCCCC/C=C\C/C=C\C/C=C\CCCCCCCCCCCCCCCCCCCCCCCCCCC(=O)NC(COP(=O)(O)OCC[N+](C)(C)C)C(O)/C=C/CC/C=C/CC/C=C/CCCCCCCCCCCCCCCCCC. The van der Waals surface area contributed by atoms with Crippen molar-refractivity contribution >= 4 is 13.7 Å². The molecule has 0 aliphatic rings. The van der Waals surface area contributed by atoms with E-state index in [0.717, 1.165) is 57.8 Å². The molecule has 0 bridgehead atoms. The zero-order valence-electron chi connectivity index (χ0n) is 58.5. The molecule has 0 aromatic heterocycles.